The van der Waals surface area contributed by atoms with Crippen LogP contribution in [0.15, 0.2) is 18.2 Å². The summed E-state index contributed by atoms with van der Waals surface area (Å²) in [5.41, 5.74) is 7.37. The molecule has 1 aromatic carbocycles. The highest BCUT2D eigenvalue weighted by Gasteiger charge is 2.11. The first kappa shape index (κ1) is 10.7. The predicted molar refractivity (Wildman–Crippen MR) is 52.2 cm³/mol. The Morgan fingerprint density at radius 1 is 1.57 bits per heavy atom. The van der Waals surface area contributed by atoms with E-state index < -0.39 is 12.0 Å². The van der Waals surface area contributed by atoms with Gasteiger partial charge in [0.05, 0.1) is 18.2 Å². The first-order valence-electron chi connectivity index (χ1n) is 4.26. The summed E-state index contributed by atoms with van der Waals surface area (Å²) >= 11 is 0. The molecule has 1 rings (SSSR count). The molecular weight excluding hydrogens is 182 g/mol. The van der Waals surface area contributed by atoms with E-state index in [0.717, 1.165) is 5.56 Å². The number of aromatic carboxylic acids is 1. The van der Waals surface area contributed by atoms with Gasteiger partial charge in [0.1, 0.15) is 0 Å². The van der Waals surface area contributed by atoms with E-state index in [1.54, 1.807) is 6.07 Å². The van der Waals surface area contributed by atoms with Crippen molar-refractivity contribution in [2.45, 2.75) is 13.0 Å². The molecule has 0 amide bonds. The molecule has 76 valence electrons. The Kier molecular flexibility index (Phi) is 3.22. The van der Waals surface area contributed by atoms with Gasteiger partial charge in [-0.05, 0) is 30.2 Å². The lowest BCUT2D eigenvalue weighted by Crippen LogP contribution is -2.16. The van der Waals surface area contributed by atoms with Crippen molar-refractivity contribution in [2.75, 3.05) is 6.61 Å². The minimum atomic E-state index is -0.989. The second kappa shape index (κ2) is 4.21. The first-order valence-corrected chi connectivity index (χ1v) is 4.26. The lowest BCUT2D eigenvalue weighted by molar-refractivity contribution is 0.0696. The number of carboxylic acids is 1. The summed E-state index contributed by atoms with van der Waals surface area (Å²) < 4.78 is 0. The molecule has 0 aromatic heterocycles. The maximum atomic E-state index is 10.7. The third-order valence-corrected chi connectivity index (χ3v) is 2.12. The standard InChI is InChI=1S/C10H13NO3/c1-6-2-3-7(10(13)14)4-8(6)9(11)5-12/h2-4,9,12H,5,11H2,1H3,(H,13,14)/t9-/m0/s1. The molecule has 0 heterocycles. The highest BCUT2D eigenvalue weighted by molar-refractivity contribution is 5.87. The summed E-state index contributed by atoms with van der Waals surface area (Å²) in [5.74, 6) is -0.989. The van der Waals surface area contributed by atoms with Crippen molar-refractivity contribution in [3.8, 4) is 0 Å². The Hall–Kier alpha value is -1.39. The average Bonchev–Trinajstić information content (AvgIpc) is 2.17. The van der Waals surface area contributed by atoms with E-state index in [-0.39, 0.29) is 12.2 Å². The minimum Gasteiger partial charge on any atom is -0.478 e. The van der Waals surface area contributed by atoms with E-state index in [1.165, 1.54) is 12.1 Å². The van der Waals surface area contributed by atoms with Gasteiger partial charge in [-0.15, -0.1) is 0 Å². The molecule has 0 bridgehead atoms. The fraction of sp³-hybridized carbons (Fsp3) is 0.300. The number of aliphatic hydroxyl groups excluding tert-OH is 1. The van der Waals surface area contributed by atoms with E-state index in [2.05, 4.69) is 0 Å². The maximum absolute atomic E-state index is 10.7. The quantitative estimate of drug-likeness (QED) is 0.662. The fourth-order valence-corrected chi connectivity index (χ4v) is 1.27. The monoisotopic (exact) mass is 195 g/mol. The van der Waals surface area contributed by atoms with Gasteiger partial charge in [0, 0.05) is 0 Å². The largest absolute Gasteiger partial charge is 0.478 e. The molecule has 0 saturated carbocycles. The summed E-state index contributed by atoms with van der Waals surface area (Å²) in [6.07, 6.45) is 0. The fourth-order valence-electron chi connectivity index (χ4n) is 1.27. The zero-order chi connectivity index (χ0) is 10.7. The number of hydrogen-bond donors (Lipinski definition) is 3. The van der Waals surface area contributed by atoms with Crippen LogP contribution in [0.4, 0.5) is 0 Å². The smallest absolute Gasteiger partial charge is 0.335 e. The number of carboxylic acid groups (broad SMARTS) is 1. The molecule has 0 unspecified atom stereocenters. The van der Waals surface area contributed by atoms with E-state index in [1.807, 2.05) is 6.92 Å². The van der Waals surface area contributed by atoms with E-state index >= 15 is 0 Å². The van der Waals surface area contributed by atoms with Crippen LogP contribution in [0.1, 0.15) is 27.5 Å². The minimum absolute atomic E-state index is 0.189. The zero-order valence-corrected chi connectivity index (χ0v) is 7.90. The Bertz CT molecular complexity index is 349. The van der Waals surface area contributed by atoms with Crippen molar-refractivity contribution in [2.24, 2.45) is 5.73 Å². The van der Waals surface area contributed by atoms with Crippen molar-refractivity contribution in [3.63, 3.8) is 0 Å². The Labute approximate surface area is 82.0 Å². The lowest BCUT2D eigenvalue weighted by atomic mass is 9.99. The number of rotatable bonds is 3. The Morgan fingerprint density at radius 3 is 2.71 bits per heavy atom. The summed E-state index contributed by atoms with van der Waals surface area (Å²) in [5, 5.41) is 17.6. The van der Waals surface area contributed by atoms with E-state index in [0.29, 0.717) is 5.56 Å². The Balaban J connectivity index is 3.14. The Morgan fingerprint density at radius 2 is 2.21 bits per heavy atom. The lowest BCUT2D eigenvalue weighted by Gasteiger charge is -2.12. The van der Waals surface area contributed by atoms with E-state index in [9.17, 15) is 4.79 Å². The van der Waals surface area contributed by atoms with Crippen molar-refractivity contribution in [3.05, 3.63) is 34.9 Å². The number of aryl methyl sites for hydroxylation is 1. The molecule has 4 N–H and O–H groups in total. The highest BCUT2D eigenvalue weighted by atomic mass is 16.4. The van der Waals surface area contributed by atoms with Crippen LogP contribution in [0.3, 0.4) is 0 Å². The molecule has 14 heavy (non-hydrogen) atoms. The molecule has 0 fully saturated rings. The van der Waals surface area contributed by atoms with Gasteiger partial charge in [0.15, 0.2) is 0 Å². The molecule has 4 nitrogen and oxygen atoms in total. The van der Waals surface area contributed by atoms with Gasteiger partial charge in [0.2, 0.25) is 0 Å². The van der Waals surface area contributed by atoms with Crippen LogP contribution >= 0.6 is 0 Å². The van der Waals surface area contributed by atoms with Crippen LogP contribution < -0.4 is 5.73 Å². The highest BCUT2D eigenvalue weighted by Crippen LogP contribution is 2.17. The summed E-state index contributed by atoms with van der Waals surface area (Å²) in [7, 11) is 0. The molecule has 0 radical (unpaired) electrons. The maximum Gasteiger partial charge on any atom is 0.335 e. The average molecular weight is 195 g/mol. The third-order valence-electron chi connectivity index (χ3n) is 2.12. The van der Waals surface area contributed by atoms with Gasteiger partial charge in [-0.1, -0.05) is 6.07 Å². The van der Waals surface area contributed by atoms with Gasteiger partial charge >= 0.3 is 5.97 Å². The summed E-state index contributed by atoms with van der Waals surface area (Å²) in [6, 6.07) is 4.19. The zero-order valence-electron chi connectivity index (χ0n) is 7.90. The molecule has 1 aromatic rings. The van der Waals surface area contributed by atoms with Crippen LogP contribution in [-0.4, -0.2) is 22.8 Å². The van der Waals surface area contributed by atoms with Crippen molar-refractivity contribution >= 4 is 5.97 Å². The van der Waals surface area contributed by atoms with Gasteiger partial charge in [-0.2, -0.15) is 0 Å². The number of benzene rings is 1. The molecule has 0 saturated heterocycles. The van der Waals surface area contributed by atoms with Crippen LogP contribution in [0.25, 0.3) is 0 Å². The van der Waals surface area contributed by atoms with Gasteiger partial charge in [-0.3, -0.25) is 0 Å². The van der Waals surface area contributed by atoms with Crippen LogP contribution in [-0.2, 0) is 0 Å². The molecule has 0 aliphatic heterocycles. The van der Waals surface area contributed by atoms with Crippen LogP contribution in [0, 0.1) is 6.92 Å². The second-order valence-electron chi connectivity index (χ2n) is 3.17. The molecular formula is C10H13NO3. The van der Waals surface area contributed by atoms with Crippen LogP contribution in [0.2, 0.25) is 0 Å². The number of aliphatic hydroxyl groups is 1. The van der Waals surface area contributed by atoms with Gasteiger partial charge < -0.3 is 15.9 Å². The van der Waals surface area contributed by atoms with Gasteiger partial charge in [0.25, 0.3) is 0 Å². The summed E-state index contributed by atoms with van der Waals surface area (Å²) in [6.45, 7) is 1.64. The van der Waals surface area contributed by atoms with Crippen LogP contribution in [0.5, 0.6) is 0 Å². The summed E-state index contributed by atoms with van der Waals surface area (Å²) in [4.78, 5) is 10.7. The van der Waals surface area contributed by atoms with Gasteiger partial charge in [-0.25, -0.2) is 4.79 Å². The third kappa shape index (κ3) is 2.10. The van der Waals surface area contributed by atoms with E-state index in [4.69, 9.17) is 15.9 Å². The first-order chi connectivity index (χ1) is 6.56. The molecule has 0 aliphatic carbocycles. The molecule has 0 spiro atoms. The van der Waals surface area contributed by atoms with Crippen molar-refractivity contribution in [1.82, 2.24) is 0 Å². The second-order valence-corrected chi connectivity index (χ2v) is 3.17. The SMILES string of the molecule is Cc1ccc(C(=O)O)cc1[C@@H](N)CO. The number of hydrogen-bond acceptors (Lipinski definition) is 3. The molecule has 4 heteroatoms. The van der Waals surface area contributed by atoms with Crippen molar-refractivity contribution in [1.29, 1.82) is 0 Å². The molecule has 0 aliphatic rings. The van der Waals surface area contributed by atoms with Crippen molar-refractivity contribution < 1.29 is 15.0 Å². The number of nitrogens with two attached hydrogens (primary N) is 1. The normalized spacial score (nSPS) is 12.5. The predicted octanol–water partition coefficient (Wildman–Crippen LogP) is 0.685. The topological polar surface area (TPSA) is 83.5 Å². The molecule has 1 atom stereocenters. The number of carbonyl (C=O) groups is 1.